The van der Waals surface area contributed by atoms with Crippen LogP contribution in [0.15, 0.2) is 24.0 Å². The van der Waals surface area contributed by atoms with E-state index in [1.54, 1.807) is 0 Å². The zero-order valence-corrected chi connectivity index (χ0v) is 6.41. The fraction of sp³-hybridized carbons (Fsp3) is 0. The highest BCUT2D eigenvalue weighted by molar-refractivity contribution is 7.56. The van der Waals surface area contributed by atoms with Crippen LogP contribution in [-0.2, 0) is 9.36 Å². The minimum absolute atomic E-state index is 0.668. The first-order valence-electron chi connectivity index (χ1n) is 2.44. The minimum atomic E-state index is -4.54. The Morgan fingerprint density at radius 1 is 1.27 bits per heavy atom. The molecule has 0 bridgehead atoms. The molecule has 62 valence electrons. The van der Waals surface area contributed by atoms with Crippen molar-refractivity contribution in [2.45, 2.75) is 0 Å². The standard InChI is InChI=1S/C5H7O5P/c1-3(5(6)7)4(2)11(8,9)10/h1-2H2,(H,6,7)(H2,8,9,10). The second-order valence-electron chi connectivity index (χ2n) is 1.77. The minimum Gasteiger partial charge on any atom is -0.478 e. The van der Waals surface area contributed by atoms with Gasteiger partial charge >= 0.3 is 13.6 Å². The summed E-state index contributed by atoms with van der Waals surface area (Å²) >= 11 is 0. The van der Waals surface area contributed by atoms with E-state index in [9.17, 15) is 9.36 Å². The van der Waals surface area contributed by atoms with Gasteiger partial charge in [-0.25, -0.2) is 4.79 Å². The van der Waals surface area contributed by atoms with Gasteiger partial charge in [0.05, 0.1) is 10.9 Å². The number of hydrogen-bond acceptors (Lipinski definition) is 2. The Hall–Kier alpha value is -0.900. The van der Waals surface area contributed by atoms with Crippen molar-refractivity contribution in [3.63, 3.8) is 0 Å². The molecule has 0 saturated heterocycles. The topological polar surface area (TPSA) is 94.8 Å². The summed E-state index contributed by atoms with van der Waals surface area (Å²) in [6.07, 6.45) is 0. The molecule has 3 N–H and O–H groups in total. The summed E-state index contributed by atoms with van der Waals surface area (Å²) in [5, 5.41) is 7.45. The molecule has 0 amide bonds. The molecule has 6 heteroatoms. The van der Waals surface area contributed by atoms with Crippen LogP contribution in [-0.4, -0.2) is 20.9 Å². The monoisotopic (exact) mass is 178 g/mol. The van der Waals surface area contributed by atoms with E-state index >= 15 is 0 Å². The van der Waals surface area contributed by atoms with Crippen molar-refractivity contribution < 1.29 is 24.3 Å². The van der Waals surface area contributed by atoms with Gasteiger partial charge in [0.1, 0.15) is 0 Å². The first-order valence-corrected chi connectivity index (χ1v) is 4.05. The molecule has 0 aromatic carbocycles. The normalized spacial score (nSPS) is 10.7. The van der Waals surface area contributed by atoms with Crippen LogP contribution in [0.1, 0.15) is 0 Å². The number of carboxylic acids is 1. The quantitative estimate of drug-likeness (QED) is 0.328. The number of carbonyl (C=O) groups is 1. The second kappa shape index (κ2) is 3.00. The van der Waals surface area contributed by atoms with Crippen LogP contribution in [0.3, 0.4) is 0 Å². The summed E-state index contributed by atoms with van der Waals surface area (Å²) in [5.74, 6) is -1.49. The maximum atomic E-state index is 10.3. The van der Waals surface area contributed by atoms with Crippen LogP contribution in [0.4, 0.5) is 0 Å². The van der Waals surface area contributed by atoms with E-state index in [4.69, 9.17) is 14.9 Å². The van der Waals surface area contributed by atoms with Crippen molar-refractivity contribution in [1.29, 1.82) is 0 Å². The molecule has 0 aliphatic carbocycles. The van der Waals surface area contributed by atoms with Crippen molar-refractivity contribution in [3.8, 4) is 0 Å². The van der Waals surface area contributed by atoms with Gasteiger partial charge in [-0.3, -0.25) is 4.57 Å². The second-order valence-corrected chi connectivity index (χ2v) is 3.40. The molecular formula is C5H7O5P. The van der Waals surface area contributed by atoms with Gasteiger partial charge in [0.25, 0.3) is 0 Å². The van der Waals surface area contributed by atoms with E-state index in [1.165, 1.54) is 0 Å². The summed E-state index contributed by atoms with van der Waals surface area (Å²) in [6, 6.07) is 0. The first kappa shape index (κ1) is 10.1. The SMILES string of the molecule is C=C(C(=C)P(=O)(O)O)C(=O)O. The molecule has 0 spiro atoms. The highest BCUT2D eigenvalue weighted by Gasteiger charge is 2.24. The summed E-state index contributed by atoms with van der Waals surface area (Å²) in [5.41, 5.74) is -0.668. The van der Waals surface area contributed by atoms with Crippen molar-refractivity contribution in [2.75, 3.05) is 0 Å². The predicted molar refractivity (Wildman–Crippen MR) is 38.0 cm³/mol. The average Bonchev–Trinajstić information content (AvgIpc) is 1.82. The Labute approximate surface area is 62.8 Å². The van der Waals surface area contributed by atoms with Gasteiger partial charge in [0.2, 0.25) is 0 Å². The van der Waals surface area contributed by atoms with E-state index < -0.39 is 24.5 Å². The summed E-state index contributed by atoms with van der Waals surface area (Å²) in [6.45, 7) is 5.83. The van der Waals surface area contributed by atoms with Crippen LogP contribution in [0.2, 0.25) is 0 Å². The van der Waals surface area contributed by atoms with Gasteiger partial charge < -0.3 is 14.9 Å². The fourth-order valence-corrected chi connectivity index (χ4v) is 0.747. The third kappa shape index (κ3) is 2.67. The van der Waals surface area contributed by atoms with Gasteiger partial charge in [-0.15, -0.1) is 0 Å². The number of carboxylic acid groups (broad SMARTS) is 1. The first-order chi connectivity index (χ1) is 4.76. The molecule has 0 rings (SSSR count). The van der Waals surface area contributed by atoms with Gasteiger partial charge in [-0.2, -0.15) is 0 Å². The molecule has 0 unspecified atom stereocenters. The number of hydrogen-bond donors (Lipinski definition) is 3. The molecule has 0 saturated carbocycles. The fourth-order valence-electron chi connectivity index (χ4n) is 0.299. The number of aliphatic carboxylic acids is 1. The molecular weight excluding hydrogens is 171 g/mol. The lowest BCUT2D eigenvalue weighted by Gasteiger charge is -2.05. The van der Waals surface area contributed by atoms with E-state index in [1.807, 2.05) is 0 Å². The highest BCUT2D eigenvalue weighted by atomic mass is 31.2. The lowest BCUT2D eigenvalue weighted by atomic mass is 10.3. The molecule has 0 aromatic heterocycles. The Morgan fingerprint density at radius 3 is 1.73 bits per heavy atom. The smallest absolute Gasteiger partial charge is 0.356 e. The van der Waals surface area contributed by atoms with Gasteiger partial charge in [0, 0.05) is 0 Å². The van der Waals surface area contributed by atoms with Crippen LogP contribution in [0.5, 0.6) is 0 Å². The molecule has 0 aliphatic heterocycles. The maximum absolute atomic E-state index is 10.3. The van der Waals surface area contributed by atoms with Crippen LogP contribution >= 0.6 is 7.60 Å². The third-order valence-electron chi connectivity index (χ3n) is 0.958. The van der Waals surface area contributed by atoms with Gasteiger partial charge in [-0.05, 0) is 0 Å². The average molecular weight is 178 g/mol. The van der Waals surface area contributed by atoms with E-state index in [0.717, 1.165) is 0 Å². The molecule has 0 aromatic rings. The molecule has 0 radical (unpaired) electrons. The molecule has 0 fully saturated rings. The van der Waals surface area contributed by atoms with E-state index in [2.05, 4.69) is 13.2 Å². The van der Waals surface area contributed by atoms with Crippen molar-refractivity contribution in [1.82, 2.24) is 0 Å². The summed E-state index contributed by atoms with van der Waals surface area (Å²) in [7, 11) is -4.54. The molecule has 11 heavy (non-hydrogen) atoms. The molecule has 0 heterocycles. The van der Waals surface area contributed by atoms with Crippen LogP contribution in [0.25, 0.3) is 0 Å². The van der Waals surface area contributed by atoms with Gasteiger partial charge in [-0.1, -0.05) is 13.2 Å². The van der Waals surface area contributed by atoms with Crippen molar-refractivity contribution >= 4 is 13.6 Å². The third-order valence-corrected chi connectivity index (χ3v) is 1.93. The molecule has 0 atom stereocenters. The van der Waals surface area contributed by atoms with Crippen LogP contribution in [0, 0.1) is 0 Å². The zero-order valence-electron chi connectivity index (χ0n) is 5.52. The Morgan fingerprint density at radius 2 is 1.64 bits per heavy atom. The Bertz CT molecular complexity index is 260. The molecule has 0 aliphatic rings. The van der Waals surface area contributed by atoms with Crippen LogP contribution < -0.4 is 0 Å². The van der Waals surface area contributed by atoms with E-state index in [0.29, 0.717) is 0 Å². The van der Waals surface area contributed by atoms with Crippen molar-refractivity contribution in [3.05, 3.63) is 24.0 Å². The highest BCUT2D eigenvalue weighted by Crippen LogP contribution is 2.46. The molecule has 5 nitrogen and oxygen atoms in total. The predicted octanol–water partition coefficient (Wildman–Crippen LogP) is 0.319. The zero-order chi connectivity index (χ0) is 9.23. The summed E-state index contributed by atoms with van der Waals surface area (Å²) in [4.78, 5) is 26.9. The maximum Gasteiger partial charge on any atom is 0.356 e. The number of rotatable bonds is 3. The van der Waals surface area contributed by atoms with E-state index in [-0.39, 0.29) is 0 Å². The largest absolute Gasteiger partial charge is 0.478 e. The lowest BCUT2D eigenvalue weighted by Crippen LogP contribution is -2.01. The lowest BCUT2D eigenvalue weighted by molar-refractivity contribution is -0.132. The summed E-state index contributed by atoms with van der Waals surface area (Å²) < 4.78 is 10.3. The Balaban J connectivity index is 4.67. The van der Waals surface area contributed by atoms with Crippen molar-refractivity contribution in [2.24, 2.45) is 0 Å². The Kier molecular flexibility index (Phi) is 2.76. The van der Waals surface area contributed by atoms with Gasteiger partial charge in [0.15, 0.2) is 0 Å².